The zero-order chi connectivity index (χ0) is 12.3. The first-order valence-electron chi connectivity index (χ1n) is 5.36. The fourth-order valence-corrected chi connectivity index (χ4v) is 2.89. The molecule has 0 spiro atoms. The molecule has 0 unspecified atom stereocenters. The molecule has 4 N–H and O–H groups in total. The van der Waals surface area contributed by atoms with Crippen LogP contribution in [0.2, 0.25) is 0 Å². The molecule has 1 aliphatic heterocycles. The van der Waals surface area contributed by atoms with Crippen LogP contribution >= 0.6 is 11.8 Å². The van der Waals surface area contributed by atoms with Gasteiger partial charge in [0.25, 0.3) is 0 Å². The summed E-state index contributed by atoms with van der Waals surface area (Å²) in [6, 6.07) is -1.02. The van der Waals surface area contributed by atoms with Gasteiger partial charge in [-0.1, -0.05) is 13.8 Å². The molecule has 1 rings (SSSR count). The van der Waals surface area contributed by atoms with Crippen LogP contribution in [0.15, 0.2) is 0 Å². The van der Waals surface area contributed by atoms with Crippen LogP contribution in [0.1, 0.15) is 20.3 Å². The van der Waals surface area contributed by atoms with Gasteiger partial charge in [-0.15, -0.1) is 11.8 Å². The molecule has 16 heavy (non-hydrogen) atoms. The Balaban J connectivity index is 2.62. The maximum absolute atomic E-state index is 12.0. The van der Waals surface area contributed by atoms with E-state index in [1.807, 2.05) is 13.8 Å². The smallest absolute Gasteiger partial charge is 0.241 e. The minimum absolute atomic E-state index is 0.164. The highest BCUT2D eigenvalue weighted by molar-refractivity contribution is 7.99. The third-order valence-corrected chi connectivity index (χ3v) is 3.55. The Hall–Kier alpha value is -0.750. The molecule has 6 heteroatoms. The van der Waals surface area contributed by atoms with Gasteiger partial charge in [-0.2, -0.15) is 0 Å². The third kappa shape index (κ3) is 3.12. The van der Waals surface area contributed by atoms with Crippen LogP contribution in [0.5, 0.6) is 0 Å². The molecule has 2 amide bonds. The highest BCUT2D eigenvalue weighted by atomic mass is 32.2. The molecule has 1 fully saturated rings. The average Bonchev–Trinajstić information content (AvgIpc) is 2.63. The molecular weight excluding hydrogens is 226 g/mol. The summed E-state index contributed by atoms with van der Waals surface area (Å²) in [6.07, 6.45) is 0.630. The summed E-state index contributed by atoms with van der Waals surface area (Å²) in [7, 11) is 0. The van der Waals surface area contributed by atoms with Crippen molar-refractivity contribution >= 4 is 23.6 Å². The Labute approximate surface area is 99.9 Å². The Bertz CT molecular complexity index is 283. The van der Waals surface area contributed by atoms with Gasteiger partial charge in [-0.3, -0.25) is 9.59 Å². The predicted molar refractivity (Wildman–Crippen MR) is 64.6 cm³/mol. The van der Waals surface area contributed by atoms with Gasteiger partial charge in [0.05, 0.1) is 11.9 Å². The van der Waals surface area contributed by atoms with E-state index in [4.69, 9.17) is 11.5 Å². The quantitative estimate of drug-likeness (QED) is 0.714. The molecule has 92 valence electrons. The summed E-state index contributed by atoms with van der Waals surface area (Å²) in [5, 5.41) is 0. The van der Waals surface area contributed by atoms with Gasteiger partial charge in [0, 0.05) is 5.75 Å². The SMILES string of the molecule is CC(C)C[C@H](N)C(=O)N1CSC[C@H]1C(N)=O. The highest BCUT2D eigenvalue weighted by Gasteiger charge is 2.35. The van der Waals surface area contributed by atoms with E-state index in [-0.39, 0.29) is 5.91 Å². The van der Waals surface area contributed by atoms with Crippen LogP contribution in [0.25, 0.3) is 0 Å². The molecule has 0 aliphatic carbocycles. The second-order valence-electron chi connectivity index (χ2n) is 4.46. The van der Waals surface area contributed by atoms with Crippen molar-refractivity contribution in [3.05, 3.63) is 0 Å². The molecule has 0 aromatic rings. The van der Waals surface area contributed by atoms with Crippen LogP contribution in [0.4, 0.5) is 0 Å². The number of nitrogens with zero attached hydrogens (tertiary/aromatic N) is 1. The van der Waals surface area contributed by atoms with Crippen molar-refractivity contribution in [3.63, 3.8) is 0 Å². The maximum atomic E-state index is 12.0. The van der Waals surface area contributed by atoms with Crippen molar-refractivity contribution < 1.29 is 9.59 Å². The normalized spacial score (nSPS) is 22.5. The van der Waals surface area contributed by atoms with Crippen LogP contribution in [-0.2, 0) is 9.59 Å². The van der Waals surface area contributed by atoms with Gasteiger partial charge >= 0.3 is 0 Å². The number of primary amides is 1. The van der Waals surface area contributed by atoms with E-state index < -0.39 is 18.0 Å². The molecule has 0 aromatic carbocycles. The minimum atomic E-state index is -0.527. The number of amides is 2. The number of rotatable bonds is 4. The fourth-order valence-electron chi connectivity index (χ4n) is 1.72. The number of thioether (sulfide) groups is 1. The number of hydrogen-bond acceptors (Lipinski definition) is 4. The van der Waals surface area contributed by atoms with Gasteiger partial charge in [-0.05, 0) is 12.3 Å². The maximum Gasteiger partial charge on any atom is 0.241 e. The molecule has 0 aromatic heterocycles. The monoisotopic (exact) mass is 245 g/mol. The van der Waals surface area contributed by atoms with Gasteiger partial charge in [-0.25, -0.2) is 0 Å². The third-order valence-electron chi connectivity index (χ3n) is 2.54. The minimum Gasteiger partial charge on any atom is -0.368 e. The van der Waals surface area contributed by atoms with Gasteiger partial charge < -0.3 is 16.4 Å². The van der Waals surface area contributed by atoms with E-state index in [0.717, 1.165) is 0 Å². The standard InChI is InChI=1S/C10H19N3O2S/c1-6(2)3-7(11)10(15)13-5-16-4-8(13)9(12)14/h6-8H,3-5,11H2,1-2H3,(H2,12,14)/t7-,8-/m0/s1. The van der Waals surface area contributed by atoms with Crippen molar-refractivity contribution in [2.45, 2.75) is 32.4 Å². The molecule has 0 radical (unpaired) electrons. The summed E-state index contributed by atoms with van der Waals surface area (Å²) in [4.78, 5) is 24.6. The van der Waals surface area contributed by atoms with Gasteiger partial charge in [0.1, 0.15) is 6.04 Å². The molecule has 1 aliphatic rings. The first-order valence-corrected chi connectivity index (χ1v) is 6.52. The second kappa shape index (κ2) is 5.54. The summed E-state index contributed by atoms with van der Waals surface area (Å²) < 4.78 is 0. The lowest BCUT2D eigenvalue weighted by atomic mass is 10.0. The average molecular weight is 245 g/mol. The Kier molecular flexibility index (Phi) is 4.61. The summed E-state index contributed by atoms with van der Waals surface area (Å²) in [5.41, 5.74) is 11.0. The van der Waals surface area contributed by atoms with E-state index >= 15 is 0 Å². The van der Waals surface area contributed by atoms with Crippen molar-refractivity contribution in [1.29, 1.82) is 0 Å². The zero-order valence-corrected chi connectivity index (χ0v) is 10.5. The van der Waals surface area contributed by atoms with Crippen LogP contribution in [0, 0.1) is 5.92 Å². The second-order valence-corrected chi connectivity index (χ2v) is 5.46. The predicted octanol–water partition coefficient (Wildman–Crippen LogP) is -0.253. The molecule has 1 saturated heterocycles. The van der Waals surface area contributed by atoms with E-state index in [2.05, 4.69) is 0 Å². The summed E-state index contributed by atoms with van der Waals surface area (Å²) in [5.74, 6) is 0.840. The van der Waals surface area contributed by atoms with Crippen molar-refractivity contribution in [2.24, 2.45) is 17.4 Å². The molecule has 5 nitrogen and oxygen atoms in total. The largest absolute Gasteiger partial charge is 0.368 e. The Morgan fingerprint density at radius 3 is 2.62 bits per heavy atom. The lowest BCUT2D eigenvalue weighted by molar-refractivity contribution is -0.138. The topological polar surface area (TPSA) is 89.4 Å². The van der Waals surface area contributed by atoms with E-state index in [0.29, 0.717) is 24.0 Å². The highest BCUT2D eigenvalue weighted by Crippen LogP contribution is 2.22. The lowest BCUT2D eigenvalue weighted by Crippen LogP contribution is -2.51. The lowest BCUT2D eigenvalue weighted by Gasteiger charge is -2.25. The molecule has 1 heterocycles. The van der Waals surface area contributed by atoms with Crippen LogP contribution < -0.4 is 11.5 Å². The molecular formula is C10H19N3O2S. The number of carbonyl (C=O) groups is 2. The number of nitrogens with two attached hydrogens (primary N) is 2. The molecule has 2 atom stereocenters. The van der Waals surface area contributed by atoms with Crippen LogP contribution in [-0.4, -0.2) is 40.4 Å². The summed E-state index contributed by atoms with van der Waals surface area (Å²) >= 11 is 1.53. The Morgan fingerprint density at radius 1 is 1.50 bits per heavy atom. The van der Waals surface area contributed by atoms with E-state index in [1.54, 1.807) is 0 Å². The van der Waals surface area contributed by atoms with Gasteiger partial charge in [0.2, 0.25) is 11.8 Å². The Morgan fingerprint density at radius 2 is 2.12 bits per heavy atom. The molecule has 0 saturated carbocycles. The van der Waals surface area contributed by atoms with Crippen molar-refractivity contribution in [3.8, 4) is 0 Å². The van der Waals surface area contributed by atoms with Gasteiger partial charge in [0.15, 0.2) is 0 Å². The fraction of sp³-hybridized carbons (Fsp3) is 0.800. The first kappa shape index (κ1) is 13.3. The number of carbonyl (C=O) groups excluding carboxylic acids is 2. The summed E-state index contributed by atoms with van der Waals surface area (Å²) in [6.45, 7) is 4.02. The van der Waals surface area contributed by atoms with Crippen LogP contribution in [0.3, 0.4) is 0 Å². The van der Waals surface area contributed by atoms with E-state index in [9.17, 15) is 9.59 Å². The van der Waals surface area contributed by atoms with E-state index in [1.165, 1.54) is 16.7 Å². The van der Waals surface area contributed by atoms with Crippen molar-refractivity contribution in [2.75, 3.05) is 11.6 Å². The van der Waals surface area contributed by atoms with Crippen molar-refractivity contribution in [1.82, 2.24) is 4.90 Å². The number of hydrogen-bond donors (Lipinski definition) is 2. The first-order chi connectivity index (χ1) is 7.43. The molecule has 0 bridgehead atoms. The zero-order valence-electron chi connectivity index (χ0n) is 9.68.